The van der Waals surface area contributed by atoms with Crippen molar-refractivity contribution in [1.82, 2.24) is 14.8 Å². The molecule has 1 amide bonds. The van der Waals surface area contributed by atoms with Crippen molar-refractivity contribution < 1.29 is 28.6 Å². The topological polar surface area (TPSA) is 122 Å². The van der Waals surface area contributed by atoms with Crippen molar-refractivity contribution in [2.75, 3.05) is 25.3 Å². The summed E-state index contributed by atoms with van der Waals surface area (Å²) in [4.78, 5) is 36.4. The molecule has 0 fully saturated rings. The summed E-state index contributed by atoms with van der Waals surface area (Å²) in [6.45, 7) is 3.86. The lowest BCUT2D eigenvalue weighted by molar-refractivity contribution is -0.113. The number of nitrogens with one attached hydrogen (secondary N) is 1. The fourth-order valence-corrected chi connectivity index (χ4v) is 3.97. The standard InChI is InChI=1S/C24H26N4O6S/c1-14-7-6-8-19(9-14)34-15(2)21-26-27-24(28(21)3)35-13-20(29)25-18-11-16(22(30)32-4)10-17(12-18)23(31)33-5/h6-12,15H,13H2,1-5H3,(H,25,29). The summed E-state index contributed by atoms with van der Waals surface area (Å²) in [6.07, 6.45) is -0.352. The van der Waals surface area contributed by atoms with Crippen LogP contribution in [0, 0.1) is 6.92 Å². The zero-order valence-electron chi connectivity index (χ0n) is 20.0. The molecule has 11 heteroatoms. The van der Waals surface area contributed by atoms with E-state index in [9.17, 15) is 14.4 Å². The van der Waals surface area contributed by atoms with Crippen LogP contribution in [0.25, 0.3) is 0 Å². The van der Waals surface area contributed by atoms with Crippen LogP contribution in [0.15, 0.2) is 47.6 Å². The Bertz CT molecular complexity index is 1210. The first kappa shape index (κ1) is 25.8. The number of aromatic nitrogens is 3. The van der Waals surface area contributed by atoms with Gasteiger partial charge in [-0.25, -0.2) is 9.59 Å². The largest absolute Gasteiger partial charge is 0.483 e. The fourth-order valence-electron chi connectivity index (χ4n) is 3.25. The molecule has 0 aliphatic heterocycles. The lowest BCUT2D eigenvalue weighted by Crippen LogP contribution is -2.16. The quantitative estimate of drug-likeness (QED) is 0.348. The Hall–Kier alpha value is -3.86. The number of rotatable bonds is 9. The number of carbonyl (C=O) groups is 3. The average molecular weight is 499 g/mol. The van der Waals surface area contributed by atoms with E-state index in [1.54, 1.807) is 11.6 Å². The minimum Gasteiger partial charge on any atom is -0.483 e. The van der Waals surface area contributed by atoms with Crippen molar-refractivity contribution >= 4 is 35.3 Å². The van der Waals surface area contributed by atoms with Gasteiger partial charge in [0.25, 0.3) is 0 Å². The van der Waals surface area contributed by atoms with Gasteiger partial charge in [0.15, 0.2) is 17.1 Å². The van der Waals surface area contributed by atoms with Gasteiger partial charge in [-0.15, -0.1) is 10.2 Å². The van der Waals surface area contributed by atoms with Gasteiger partial charge in [-0.3, -0.25) is 4.79 Å². The van der Waals surface area contributed by atoms with Crippen LogP contribution in [0.1, 0.15) is 45.1 Å². The molecule has 1 unspecified atom stereocenters. The Morgan fingerprint density at radius 2 is 1.69 bits per heavy atom. The van der Waals surface area contributed by atoms with E-state index < -0.39 is 11.9 Å². The van der Waals surface area contributed by atoms with Crippen molar-refractivity contribution in [3.8, 4) is 5.75 Å². The predicted molar refractivity (Wildman–Crippen MR) is 130 cm³/mol. The summed E-state index contributed by atoms with van der Waals surface area (Å²) in [6, 6.07) is 11.9. The zero-order valence-corrected chi connectivity index (χ0v) is 20.8. The molecule has 0 aliphatic rings. The van der Waals surface area contributed by atoms with Gasteiger partial charge >= 0.3 is 11.9 Å². The van der Waals surface area contributed by atoms with E-state index in [1.165, 1.54) is 44.2 Å². The normalized spacial score (nSPS) is 11.5. The second-order valence-corrected chi connectivity index (χ2v) is 8.54. The van der Waals surface area contributed by atoms with Crippen LogP contribution in [0.2, 0.25) is 0 Å². The van der Waals surface area contributed by atoms with Crippen LogP contribution in [0.4, 0.5) is 5.69 Å². The van der Waals surface area contributed by atoms with Gasteiger partial charge < -0.3 is 24.1 Å². The first-order valence-electron chi connectivity index (χ1n) is 10.6. The molecule has 1 atom stereocenters. The smallest absolute Gasteiger partial charge is 0.337 e. The molecule has 35 heavy (non-hydrogen) atoms. The van der Waals surface area contributed by atoms with Gasteiger partial charge in [-0.05, 0) is 49.7 Å². The number of hydrogen-bond donors (Lipinski definition) is 1. The molecule has 0 bridgehead atoms. The Morgan fingerprint density at radius 3 is 2.29 bits per heavy atom. The van der Waals surface area contributed by atoms with Crippen molar-refractivity contribution in [2.24, 2.45) is 7.05 Å². The Morgan fingerprint density at radius 1 is 1.03 bits per heavy atom. The highest BCUT2D eigenvalue weighted by atomic mass is 32.2. The molecule has 1 aromatic heterocycles. The summed E-state index contributed by atoms with van der Waals surface area (Å²) in [7, 11) is 4.25. The molecular formula is C24H26N4O6S. The van der Waals surface area contributed by atoms with Gasteiger partial charge in [0.1, 0.15) is 5.75 Å². The molecular weight excluding hydrogens is 472 g/mol. The summed E-state index contributed by atoms with van der Waals surface area (Å²) in [5.74, 6) is -0.280. The first-order valence-corrected chi connectivity index (χ1v) is 11.6. The third kappa shape index (κ3) is 6.60. The molecule has 10 nitrogen and oxygen atoms in total. The summed E-state index contributed by atoms with van der Waals surface area (Å²) in [5.41, 5.74) is 1.57. The van der Waals surface area contributed by atoms with Gasteiger partial charge in [-0.1, -0.05) is 23.9 Å². The number of aryl methyl sites for hydroxylation is 1. The third-order valence-corrected chi connectivity index (χ3v) is 5.95. The van der Waals surface area contributed by atoms with Gasteiger partial charge in [-0.2, -0.15) is 0 Å². The number of benzene rings is 2. The number of esters is 2. The number of carbonyl (C=O) groups excluding carboxylic acids is 3. The molecule has 3 rings (SSSR count). The second-order valence-electron chi connectivity index (χ2n) is 7.60. The van der Waals surface area contributed by atoms with Gasteiger partial charge in [0.2, 0.25) is 5.91 Å². The SMILES string of the molecule is COC(=O)c1cc(NC(=O)CSc2nnc(C(C)Oc3cccc(C)c3)n2C)cc(C(=O)OC)c1. The average Bonchev–Trinajstić information content (AvgIpc) is 3.21. The molecule has 0 saturated carbocycles. The zero-order chi connectivity index (χ0) is 25.5. The summed E-state index contributed by atoms with van der Waals surface area (Å²) < 4.78 is 17.2. The van der Waals surface area contributed by atoms with Crippen LogP contribution in [0.3, 0.4) is 0 Å². The van der Waals surface area contributed by atoms with E-state index in [-0.39, 0.29) is 34.6 Å². The maximum atomic E-state index is 12.6. The Kier molecular flexibility index (Phi) is 8.48. The number of nitrogens with zero attached hydrogens (tertiary/aromatic N) is 3. The molecule has 3 aromatic rings. The molecule has 184 valence electrons. The van der Waals surface area contributed by atoms with Crippen LogP contribution in [0.5, 0.6) is 5.75 Å². The van der Waals surface area contributed by atoms with Crippen molar-refractivity contribution in [3.05, 3.63) is 65.0 Å². The van der Waals surface area contributed by atoms with E-state index in [0.717, 1.165) is 11.3 Å². The highest BCUT2D eigenvalue weighted by molar-refractivity contribution is 7.99. The van der Waals surface area contributed by atoms with Crippen molar-refractivity contribution in [3.63, 3.8) is 0 Å². The van der Waals surface area contributed by atoms with E-state index in [1.807, 2.05) is 38.1 Å². The number of methoxy groups -OCH3 is 2. The summed E-state index contributed by atoms with van der Waals surface area (Å²) in [5, 5.41) is 11.6. The molecule has 0 spiro atoms. The highest BCUT2D eigenvalue weighted by Gasteiger charge is 2.19. The predicted octanol–water partition coefficient (Wildman–Crippen LogP) is 3.57. The van der Waals surface area contributed by atoms with Crippen LogP contribution >= 0.6 is 11.8 Å². The molecule has 0 radical (unpaired) electrons. The van der Waals surface area contributed by atoms with Gasteiger partial charge in [0, 0.05) is 12.7 Å². The molecule has 1 N–H and O–H groups in total. The number of anilines is 1. The number of amides is 1. The second kappa shape index (κ2) is 11.5. The number of thioether (sulfide) groups is 1. The van der Waals surface area contributed by atoms with Crippen LogP contribution < -0.4 is 10.1 Å². The Labute approximate surface area is 207 Å². The Balaban J connectivity index is 1.65. The van der Waals surface area contributed by atoms with E-state index >= 15 is 0 Å². The molecule has 1 heterocycles. The third-order valence-electron chi connectivity index (χ3n) is 4.93. The lowest BCUT2D eigenvalue weighted by atomic mass is 10.1. The monoisotopic (exact) mass is 498 g/mol. The van der Waals surface area contributed by atoms with Gasteiger partial charge in [0.05, 0.1) is 31.1 Å². The fraction of sp³-hybridized carbons (Fsp3) is 0.292. The van der Waals surface area contributed by atoms with Crippen LogP contribution in [-0.2, 0) is 21.3 Å². The highest BCUT2D eigenvalue weighted by Crippen LogP contribution is 2.24. The number of hydrogen-bond acceptors (Lipinski definition) is 9. The maximum absolute atomic E-state index is 12.6. The summed E-state index contributed by atoms with van der Waals surface area (Å²) >= 11 is 1.19. The first-order chi connectivity index (χ1) is 16.7. The van der Waals surface area contributed by atoms with E-state index in [4.69, 9.17) is 14.2 Å². The molecule has 0 saturated heterocycles. The minimum absolute atomic E-state index is 0.0229. The molecule has 2 aromatic carbocycles. The van der Waals surface area contributed by atoms with Crippen molar-refractivity contribution in [1.29, 1.82) is 0 Å². The molecule has 0 aliphatic carbocycles. The lowest BCUT2D eigenvalue weighted by Gasteiger charge is -2.14. The minimum atomic E-state index is -0.644. The van der Waals surface area contributed by atoms with E-state index in [0.29, 0.717) is 11.0 Å². The van der Waals surface area contributed by atoms with E-state index in [2.05, 4.69) is 15.5 Å². The number of ether oxygens (including phenoxy) is 3. The maximum Gasteiger partial charge on any atom is 0.337 e. The van der Waals surface area contributed by atoms with Crippen molar-refractivity contribution in [2.45, 2.75) is 25.1 Å². The van der Waals surface area contributed by atoms with Crippen LogP contribution in [-0.4, -0.2) is 52.6 Å².